The maximum absolute atomic E-state index is 12.9. The molecule has 2 N–H and O–H groups in total. The minimum Gasteiger partial charge on any atom is -0.464 e. The second-order valence-electron chi connectivity index (χ2n) is 5.53. The number of esters is 1. The topological polar surface area (TPSA) is 98.9 Å². The number of hydrogen-bond acceptors (Lipinski definition) is 5. The molecule has 0 bridgehead atoms. The van der Waals surface area contributed by atoms with E-state index in [2.05, 4.69) is 5.10 Å². The van der Waals surface area contributed by atoms with Crippen molar-refractivity contribution in [1.29, 1.82) is 5.26 Å². The normalized spacial score (nSPS) is 11.3. The van der Waals surface area contributed by atoms with Gasteiger partial charge >= 0.3 is 12.1 Å². The first kappa shape index (κ1) is 19.3. The van der Waals surface area contributed by atoms with Crippen molar-refractivity contribution in [1.82, 2.24) is 14.3 Å². The van der Waals surface area contributed by atoms with Crippen molar-refractivity contribution in [2.75, 3.05) is 12.8 Å². The molecule has 144 valence electrons. The zero-order valence-corrected chi connectivity index (χ0v) is 14.9. The number of halogens is 4. The second kappa shape index (κ2) is 6.94. The number of anilines is 1. The lowest BCUT2D eigenvalue weighted by atomic mass is 10.2. The van der Waals surface area contributed by atoms with E-state index in [4.69, 9.17) is 22.1 Å². The van der Waals surface area contributed by atoms with Gasteiger partial charge in [-0.25, -0.2) is 9.48 Å². The van der Waals surface area contributed by atoms with Crippen LogP contribution < -0.4 is 5.73 Å². The third-order valence-corrected chi connectivity index (χ3v) is 4.18. The average molecular weight is 410 g/mol. The van der Waals surface area contributed by atoms with E-state index in [9.17, 15) is 23.2 Å². The van der Waals surface area contributed by atoms with E-state index in [1.807, 2.05) is 6.07 Å². The van der Waals surface area contributed by atoms with E-state index in [-0.39, 0.29) is 33.3 Å². The quantitative estimate of drug-likeness (QED) is 0.667. The molecular weight excluding hydrogens is 399 g/mol. The number of methoxy groups -OCH3 is 1. The van der Waals surface area contributed by atoms with Gasteiger partial charge in [0.1, 0.15) is 11.8 Å². The summed E-state index contributed by atoms with van der Waals surface area (Å²) in [6, 6.07) is 7.10. The van der Waals surface area contributed by atoms with Gasteiger partial charge < -0.3 is 15.0 Å². The lowest BCUT2D eigenvalue weighted by Gasteiger charge is -2.15. The molecule has 2 heterocycles. The molecule has 0 fully saturated rings. The van der Waals surface area contributed by atoms with Gasteiger partial charge in [0.25, 0.3) is 0 Å². The van der Waals surface area contributed by atoms with Gasteiger partial charge in [-0.2, -0.15) is 23.5 Å². The summed E-state index contributed by atoms with van der Waals surface area (Å²) >= 11 is 6.22. The molecule has 0 aliphatic rings. The fraction of sp³-hybridized carbons (Fsp3) is 0.118. The summed E-state index contributed by atoms with van der Waals surface area (Å²) in [6.45, 7) is 0. The molecule has 1 aromatic carbocycles. The Bertz CT molecular complexity index is 1110. The van der Waals surface area contributed by atoms with E-state index in [0.29, 0.717) is 0 Å². The van der Waals surface area contributed by atoms with Crippen LogP contribution in [0.1, 0.15) is 21.7 Å². The maximum atomic E-state index is 12.9. The lowest BCUT2D eigenvalue weighted by Crippen LogP contribution is -2.13. The molecule has 0 amide bonds. The number of carbonyl (C=O) groups excluding carboxylic acids is 1. The summed E-state index contributed by atoms with van der Waals surface area (Å²) in [6.07, 6.45) is -2.29. The largest absolute Gasteiger partial charge is 0.464 e. The molecular formula is C17H11ClF3N5O2. The molecule has 2 aromatic heterocycles. The Morgan fingerprint density at radius 1 is 1.36 bits per heavy atom. The smallest absolute Gasteiger partial charge is 0.435 e. The molecule has 3 aromatic rings. The highest BCUT2D eigenvalue weighted by Gasteiger charge is 2.34. The minimum atomic E-state index is -4.64. The minimum absolute atomic E-state index is 0.0113. The van der Waals surface area contributed by atoms with Crippen LogP contribution in [0, 0.1) is 11.3 Å². The predicted molar refractivity (Wildman–Crippen MR) is 93.4 cm³/mol. The number of carbonyl (C=O) groups is 1. The molecule has 0 atom stereocenters. The molecule has 0 aliphatic heterocycles. The van der Waals surface area contributed by atoms with Crippen molar-refractivity contribution < 1.29 is 22.7 Å². The molecule has 7 nitrogen and oxygen atoms in total. The van der Waals surface area contributed by atoms with E-state index in [1.165, 1.54) is 29.0 Å². The van der Waals surface area contributed by atoms with Crippen molar-refractivity contribution in [3.8, 4) is 17.4 Å². The number of rotatable bonds is 3. The number of nitrogen functional groups attached to an aromatic ring is 1. The Morgan fingerprint density at radius 3 is 2.64 bits per heavy atom. The van der Waals surface area contributed by atoms with Crippen LogP contribution >= 0.6 is 11.6 Å². The SMILES string of the molecule is COC(=O)c1c(N)c(C#N)cn1-c1cccc(Cl)c1-n1ccc(C(F)(F)F)n1. The molecule has 28 heavy (non-hydrogen) atoms. The van der Waals surface area contributed by atoms with Gasteiger partial charge in [-0.1, -0.05) is 17.7 Å². The molecule has 0 saturated carbocycles. The summed E-state index contributed by atoms with van der Waals surface area (Å²) in [5, 5.41) is 12.8. The number of hydrogen-bond donors (Lipinski definition) is 1. The maximum Gasteiger partial charge on any atom is 0.435 e. The molecule has 0 saturated heterocycles. The third-order valence-electron chi connectivity index (χ3n) is 3.88. The van der Waals surface area contributed by atoms with E-state index in [0.717, 1.165) is 24.1 Å². The summed E-state index contributed by atoms with van der Waals surface area (Å²) in [5.41, 5.74) is 4.69. The fourth-order valence-corrected chi connectivity index (χ4v) is 2.89. The van der Waals surface area contributed by atoms with Crippen LogP contribution in [0.5, 0.6) is 0 Å². The standard InChI is InChI=1S/C17H11ClF3N5O2/c1-28-16(27)15-13(23)9(7-22)8-25(15)11-4-2-3-10(18)14(11)26-6-5-12(24-26)17(19,20)21/h2-6,8H,23H2,1H3. The number of benzene rings is 1. The lowest BCUT2D eigenvalue weighted by molar-refractivity contribution is -0.141. The molecule has 0 aliphatic carbocycles. The average Bonchev–Trinajstić information content (AvgIpc) is 3.25. The number of nitrogens with zero attached hydrogens (tertiary/aromatic N) is 4. The second-order valence-corrected chi connectivity index (χ2v) is 5.94. The zero-order valence-electron chi connectivity index (χ0n) is 14.2. The Kier molecular flexibility index (Phi) is 4.79. The van der Waals surface area contributed by atoms with Crippen molar-refractivity contribution in [3.63, 3.8) is 0 Å². The van der Waals surface area contributed by atoms with Crippen LogP contribution in [-0.2, 0) is 10.9 Å². The number of nitrogens with two attached hydrogens (primary N) is 1. The summed E-state index contributed by atoms with van der Waals surface area (Å²) < 4.78 is 45.7. The number of aromatic nitrogens is 3. The molecule has 0 unspecified atom stereocenters. The van der Waals surface area contributed by atoms with Gasteiger partial charge in [0.15, 0.2) is 11.4 Å². The summed E-state index contributed by atoms with van der Waals surface area (Å²) in [5.74, 6) is -0.832. The predicted octanol–water partition coefficient (Wildman–Crippen LogP) is 3.58. The Balaban J connectivity index is 2.29. The Labute approximate surface area is 161 Å². The highest BCUT2D eigenvalue weighted by Crippen LogP contribution is 2.33. The Morgan fingerprint density at radius 2 is 2.07 bits per heavy atom. The van der Waals surface area contributed by atoms with Gasteiger partial charge in [0, 0.05) is 12.4 Å². The molecule has 0 radical (unpaired) electrons. The van der Waals surface area contributed by atoms with E-state index in [1.54, 1.807) is 0 Å². The number of para-hydroxylation sites is 1. The van der Waals surface area contributed by atoms with Crippen molar-refractivity contribution in [2.45, 2.75) is 6.18 Å². The first-order valence-electron chi connectivity index (χ1n) is 7.60. The van der Waals surface area contributed by atoms with Crippen LogP contribution in [0.2, 0.25) is 5.02 Å². The van der Waals surface area contributed by atoms with Crippen molar-refractivity contribution in [3.05, 3.63) is 58.6 Å². The van der Waals surface area contributed by atoms with Gasteiger partial charge in [-0.3, -0.25) is 0 Å². The first-order chi connectivity index (χ1) is 13.2. The fourth-order valence-electron chi connectivity index (χ4n) is 2.63. The summed E-state index contributed by atoms with van der Waals surface area (Å²) in [4.78, 5) is 12.2. The van der Waals surface area contributed by atoms with Crippen LogP contribution in [0.4, 0.5) is 18.9 Å². The summed E-state index contributed by atoms with van der Waals surface area (Å²) in [7, 11) is 1.13. The van der Waals surface area contributed by atoms with Gasteiger partial charge in [0.2, 0.25) is 0 Å². The Hall–Kier alpha value is -3.45. The highest BCUT2D eigenvalue weighted by molar-refractivity contribution is 6.32. The van der Waals surface area contributed by atoms with Crippen molar-refractivity contribution >= 4 is 23.3 Å². The van der Waals surface area contributed by atoms with Gasteiger partial charge in [-0.15, -0.1) is 0 Å². The van der Waals surface area contributed by atoms with E-state index < -0.39 is 17.8 Å². The van der Waals surface area contributed by atoms with Crippen LogP contribution in [-0.4, -0.2) is 27.4 Å². The monoisotopic (exact) mass is 409 g/mol. The zero-order chi connectivity index (χ0) is 20.6. The van der Waals surface area contributed by atoms with Crippen LogP contribution in [0.3, 0.4) is 0 Å². The number of ether oxygens (including phenoxy) is 1. The van der Waals surface area contributed by atoms with Crippen LogP contribution in [0.25, 0.3) is 11.4 Å². The van der Waals surface area contributed by atoms with Gasteiger partial charge in [0.05, 0.1) is 29.1 Å². The number of nitriles is 1. The van der Waals surface area contributed by atoms with Gasteiger partial charge in [-0.05, 0) is 18.2 Å². The molecule has 0 spiro atoms. The number of alkyl halides is 3. The highest BCUT2D eigenvalue weighted by atomic mass is 35.5. The first-order valence-corrected chi connectivity index (χ1v) is 7.98. The third kappa shape index (κ3) is 3.16. The molecule has 11 heteroatoms. The van der Waals surface area contributed by atoms with Crippen molar-refractivity contribution in [2.24, 2.45) is 0 Å². The van der Waals surface area contributed by atoms with E-state index >= 15 is 0 Å². The van der Waals surface area contributed by atoms with Crippen LogP contribution in [0.15, 0.2) is 36.7 Å². The molecule has 3 rings (SSSR count).